The molecule has 1 aromatic heterocycles. The van der Waals surface area contributed by atoms with Gasteiger partial charge in [0.2, 0.25) is 5.91 Å². The summed E-state index contributed by atoms with van der Waals surface area (Å²) in [6.45, 7) is 9.61. The number of anilines is 1. The van der Waals surface area contributed by atoms with Gasteiger partial charge in [0.15, 0.2) is 0 Å². The summed E-state index contributed by atoms with van der Waals surface area (Å²) in [4.78, 5) is 18.0. The van der Waals surface area contributed by atoms with Gasteiger partial charge in [0.25, 0.3) is 0 Å². The van der Waals surface area contributed by atoms with Gasteiger partial charge in [-0.1, -0.05) is 19.9 Å². The van der Waals surface area contributed by atoms with Gasteiger partial charge in [-0.15, -0.1) is 0 Å². The van der Waals surface area contributed by atoms with Gasteiger partial charge in [-0.25, -0.2) is 4.98 Å². The van der Waals surface area contributed by atoms with E-state index in [1.165, 1.54) is 5.56 Å². The molecule has 0 aromatic carbocycles. The third kappa shape index (κ3) is 4.70. The van der Waals surface area contributed by atoms with Crippen molar-refractivity contribution >= 4 is 11.7 Å². The lowest BCUT2D eigenvalue weighted by Gasteiger charge is -2.21. The minimum absolute atomic E-state index is 0.0432. The maximum atomic E-state index is 11.2. The molecule has 1 aliphatic rings. The van der Waals surface area contributed by atoms with Crippen molar-refractivity contribution in [2.75, 3.05) is 24.5 Å². The van der Waals surface area contributed by atoms with Crippen molar-refractivity contribution in [3.63, 3.8) is 0 Å². The Bertz CT molecular complexity index is 475. The number of rotatable bonds is 6. The molecular formula is C16H26N4O. The summed E-state index contributed by atoms with van der Waals surface area (Å²) in [6, 6.07) is 4.35. The summed E-state index contributed by atoms with van der Waals surface area (Å²) in [5.41, 5.74) is 1.22. The van der Waals surface area contributed by atoms with E-state index in [9.17, 15) is 4.79 Å². The highest BCUT2D eigenvalue weighted by Crippen LogP contribution is 2.22. The van der Waals surface area contributed by atoms with Crippen LogP contribution in [-0.2, 0) is 11.3 Å². The first-order valence-corrected chi connectivity index (χ1v) is 7.73. The van der Waals surface area contributed by atoms with Crippen molar-refractivity contribution in [3.8, 4) is 0 Å². The second kappa shape index (κ2) is 7.41. The fraction of sp³-hybridized carbons (Fsp3) is 0.625. The minimum atomic E-state index is 0.0432. The fourth-order valence-electron chi connectivity index (χ4n) is 2.71. The molecule has 1 saturated heterocycles. The fourth-order valence-corrected chi connectivity index (χ4v) is 2.71. The average molecular weight is 290 g/mol. The standard InChI is InChI=1S/C16H26N4O/c1-12(2)9-17-10-14-5-4-7-18-16(14)20-8-6-15(11-20)19-13(3)21/h4-5,7,12,15,17H,6,8-11H2,1-3H3,(H,19,21). The third-order valence-corrected chi connectivity index (χ3v) is 3.63. The molecule has 1 fully saturated rings. The van der Waals surface area contributed by atoms with E-state index in [4.69, 9.17) is 0 Å². The van der Waals surface area contributed by atoms with Crippen molar-refractivity contribution in [3.05, 3.63) is 23.9 Å². The van der Waals surface area contributed by atoms with Crippen molar-refractivity contribution in [1.82, 2.24) is 15.6 Å². The van der Waals surface area contributed by atoms with Crippen LogP contribution in [0.25, 0.3) is 0 Å². The van der Waals surface area contributed by atoms with Gasteiger partial charge >= 0.3 is 0 Å². The highest BCUT2D eigenvalue weighted by Gasteiger charge is 2.25. The average Bonchev–Trinajstić information content (AvgIpc) is 2.86. The van der Waals surface area contributed by atoms with Gasteiger partial charge in [-0.05, 0) is 24.9 Å². The smallest absolute Gasteiger partial charge is 0.217 e. The topological polar surface area (TPSA) is 57.3 Å². The molecule has 2 N–H and O–H groups in total. The Hall–Kier alpha value is -1.62. The summed E-state index contributed by atoms with van der Waals surface area (Å²) in [6.07, 6.45) is 2.82. The summed E-state index contributed by atoms with van der Waals surface area (Å²) >= 11 is 0. The predicted octanol–water partition coefficient (Wildman–Crippen LogP) is 1.54. The molecule has 0 radical (unpaired) electrons. The molecule has 5 heteroatoms. The molecule has 1 aliphatic heterocycles. The van der Waals surface area contributed by atoms with Crippen molar-refractivity contribution in [2.45, 2.75) is 39.8 Å². The largest absolute Gasteiger partial charge is 0.354 e. The zero-order valence-electron chi connectivity index (χ0n) is 13.2. The van der Waals surface area contributed by atoms with E-state index in [0.717, 1.165) is 38.4 Å². The first-order chi connectivity index (χ1) is 10.1. The molecule has 5 nitrogen and oxygen atoms in total. The lowest BCUT2D eigenvalue weighted by Crippen LogP contribution is -2.36. The van der Waals surface area contributed by atoms with E-state index in [1.807, 2.05) is 12.3 Å². The zero-order chi connectivity index (χ0) is 15.2. The molecule has 21 heavy (non-hydrogen) atoms. The molecular weight excluding hydrogens is 264 g/mol. The molecule has 0 bridgehead atoms. The van der Waals surface area contributed by atoms with Gasteiger partial charge in [0.1, 0.15) is 5.82 Å². The molecule has 0 aliphatic carbocycles. The lowest BCUT2D eigenvalue weighted by atomic mass is 10.2. The van der Waals surface area contributed by atoms with Crippen LogP contribution < -0.4 is 15.5 Å². The molecule has 2 heterocycles. The Morgan fingerprint density at radius 3 is 3.05 bits per heavy atom. The van der Waals surface area contributed by atoms with Crippen LogP contribution in [-0.4, -0.2) is 36.6 Å². The monoisotopic (exact) mass is 290 g/mol. The Morgan fingerprint density at radius 1 is 1.52 bits per heavy atom. The number of aromatic nitrogens is 1. The molecule has 0 saturated carbocycles. The van der Waals surface area contributed by atoms with Crippen LogP contribution >= 0.6 is 0 Å². The van der Waals surface area contributed by atoms with Crippen LogP contribution in [0.2, 0.25) is 0 Å². The van der Waals surface area contributed by atoms with Crippen LogP contribution in [0.5, 0.6) is 0 Å². The van der Waals surface area contributed by atoms with Gasteiger partial charge in [-0.3, -0.25) is 4.79 Å². The van der Waals surface area contributed by atoms with Gasteiger partial charge < -0.3 is 15.5 Å². The SMILES string of the molecule is CC(=O)NC1CCN(c2ncccc2CNCC(C)C)C1. The number of carbonyl (C=O) groups is 1. The number of hydrogen-bond donors (Lipinski definition) is 2. The number of carbonyl (C=O) groups excluding carboxylic acids is 1. The van der Waals surface area contributed by atoms with E-state index in [2.05, 4.69) is 40.4 Å². The molecule has 116 valence electrons. The van der Waals surface area contributed by atoms with Crippen molar-refractivity contribution in [2.24, 2.45) is 5.92 Å². The maximum absolute atomic E-state index is 11.2. The highest BCUT2D eigenvalue weighted by molar-refractivity contribution is 5.73. The number of pyridine rings is 1. The summed E-state index contributed by atoms with van der Waals surface area (Å²) in [5, 5.41) is 6.47. The summed E-state index contributed by atoms with van der Waals surface area (Å²) in [7, 11) is 0. The van der Waals surface area contributed by atoms with E-state index in [-0.39, 0.29) is 11.9 Å². The van der Waals surface area contributed by atoms with Crippen molar-refractivity contribution < 1.29 is 4.79 Å². The maximum Gasteiger partial charge on any atom is 0.217 e. The molecule has 1 unspecified atom stereocenters. The van der Waals surface area contributed by atoms with E-state index in [1.54, 1.807) is 6.92 Å². The van der Waals surface area contributed by atoms with E-state index in [0.29, 0.717) is 5.92 Å². The van der Waals surface area contributed by atoms with Crippen LogP contribution in [0.4, 0.5) is 5.82 Å². The number of hydrogen-bond acceptors (Lipinski definition) is 4. The normalized spacial score (nSPS) is 18.3. The Labute approximate surface area is 127 Å². The molecule has 1 amide bonds. The van der Waals surface area contributed by atoms with Gasteiger partial charge in [0.05, 0.1) is 0 Å². The first kappa shape index (κ1) is 15.8. The molecule has 0 spiro atoms. The molecule has 2 rings (SSSR count). The van der Waals surface area contributed by atoms with Crippen molar-refractivity contribution in [1.29, 1.82) is 0 Å². The highest BCUT2D eigenvalue weighted by atomic mass is 16.1. The summed E-state index contributed by atoms with van der Waals surface area (Å²) in [5.74, 6) is 1.73. The second-order valence-electron chi connectivity index (χ2n) is 6.14. The predicted molar refractivity (Wildman–Crippen MR) is 85.2 cm³/mol. The van der Waals surface area contributed by atoms with Crippen LogP contribution in [0, 0.1) is 5.92 Å². The number of nitrogens with one attached hydrogen (secondary N) is 2. The lowest BCUT2D eigenvalue weighted by molar-refractivity contribution is -0.119. The van der Waals surface area contributed by atoms with E-state index < -0.39 is 0 Å². The number of amides is 1. The van der Waals surface area contributed by atoms with Gasteiger partial charge in [-0.2, -0.15) is 0 Å². The van der Waals surface area contributed by atoms with Crippen LogP contribution in [0.3, 0.4) is 0 Å². The van der Waals surface area contributed by atoms with Crippen LogP contribution in [0.15, 0.2) is 18.3 Å². The van der Waals surface area contributed by atoms with Gasteiger partial charge in [0, 0.05) is 44.4 Å². The zero-order valence-corrected chi connectivity index (χ0v) is 13.2. The molecule has 1 aromatic rings. The third-order valence-electron chi connectivity index (χ3n) is 3.63. The first-order valence-electron chi connectivity index (χ1n) is 7.73. The Balaban J connectivity index is 1.98. The van der Waals surface area contributed by atoms with Crippen LogP contribution in [0.1, 0.15) is 32.8 Å². The molecule has 1 atom stereocenters. The summed E-state index contributed by atoms with van der Waals surface area (Å²) < 4.78 is 0. The number of nitrogens with zero attached hydrogens (tertiary/aromatic N) is 2. The quantitative estimate of drug-likeness (QED) is 0.834. The minimum Gasteiger partial charge on any atom is -0.354 e. The second-order valence-corrected chi connectivity index (χ2v) is 6.14. The Morgan fingerprint density at radius 2 is 2.33 bits per heavy atom. The van der Waals surface area contributed by atoms with E-state index >= 15 is 0 Å². The Kier molecular flexibility index (Phi) is 5.56.